The summed E-state index contributed by atoms with van der Waals surface area (Å²) in [6.07, 6.45) is 3.53. The van der Waals surface area contributed by atoms with E-state index in [1.165, 1.54) is 7.11 Å². The molecule has 1 aromatic heterocycles. The normalized spacial score (nSPS) is 17.2. The second kappa shape index (κ2) is 7.51. The fraction of sp³-hybridized carbons (Fsp3) is 0.208. The monoisotopic (exact) mass is 387 g/mol. The first-order chi connectivity index (χ1) is 14.0. The van der Waals surface area contributed by atoms with Crippen LogP contribution in [0.5, 0.6) is 0 Å². The summed E-state index contributed by atoms with van der Waals surface area (Å²) < 4.78 is 4.74. The molecule has 0 saturated carbocycles. The highest BCUT2D eigenvalue weighted by molar-refractivity contribution is 6.06. The van der Waals surface area contributed by atoms with Crippen LogP contribution in [-0.4, -0.2) is 29.1 Å². The molecule has 1 atom stereocenters. The van der Waals surface area contributed by atoms with Gasteiger partial charge < -0.3 is 9.84 Å². The van der Waals surface area contributed by atoms with E-state index < -0.39 is 5.97 Å². The lowest BCUT2D eigenvalue weighted by atomic mass is 9.80. The third-order valence-corrected chi connectivity index (χ3v) is 5.30. The van der Waals surface area contributed by atoms with Gasteiger partial charge in [0.2, 0.25) is 0 Å². The van der Waals surface area contributed by atoms with Gasteiger partial charge in [-0.25, -0.2) is 14.6 Å². The molecule has 0 radical (unpaired) electrons. The van der Waals surface area contributed by atoms with Gasteiger partial charge in [0.05, 0.1) is 29.4 Å². The van der Waals surface area contributed by atoms with Gasteiger partial charge in [0.1, 0.15) is 0 Å². The minimum absolute atomic E-state index is 0.309. The van der Waals surface area contributed by atoms with Crippen LogP contribution in [0.15, 0.2) is 48.5 Å². The van der Waals surface area contributed by atoms with Gasteiger partial charge in [0, 0.05) is 5.39 Å². The summed E-state index contributed by atoms with van der Waals surface area (Å²) in [5.41, 5.74) is 5.03. The molecule has 3 aromatic rings. The van der Waals surface area contributed by atoms with Crippen LogP contribution in [0, 0.1) is 5.92 Å². The quantitative estimate of drug-likeness (QED) is 0.651. The summed E-state index contributed by atoms with van der Waals surface area (Å²) in [4.78, 5) is 28.6. The number of hydrogen-bond acceptors (Lipinski definition) is 4. The van der Waals surface area contributed by atoms with Gasteiger partial charge in [-0.05, 0) is 59.7 Å². The van der Waals surface area contributed by atoms with E-state index in [1.807, 2.05) is 42.5 Å². The standard InChI is InChI=1S/C24H21NO4/c1-14-11-17(13-15-7-9-16(10-8-15)24(28)29-2)22-19(12-14)21(23(26)27)18-5-3-4-6-20(18)25-22/h3-10,13-14H,11-12H2,1-2H3,(H,26,27). The van der Waals surface area contributed by atoms with Crippen molar-refractivity contribution in [2.75, 3.05) is 7.11 Å². The Bertz CT molecular complexity index is 1150. The summed E-state index contributed by atoms with van der Waals surface area (Å²) in [7, 11) is 1.36. The Labute approximate surface area is 168 Å². The Kier molecular flexibility index (Phi) is 4.89. The number of aromatic nitrogens is 1. The molecular weight excluding hydrogens is 366 g/mol. The molecule has 5 nitrogen and oxygen atoms in total. The maximum Gasteiger partial charge on any atom is 0.337 e. The fourth-order valence-electron chi connectivity index (χ4n) is 4.01. The molecule has 0 saturated heterocycles. The van der Waals surface area contributed by atoms with Crippen molar-refractivity contribution in [3.8, 4) is 0 Å². The lowest BCUT2D eigenvalue weighted by Gasteiger charge is -2.26. The molecule has 0 spiro atoms. The molecule has 1 aliphatic rings. The number of carboxylic acids is 1. The van der Waals surface area contributed by atoms with E-state index in [2.05, 4.69) is 6.92 Å². The molecule has 0 bridgehead atoms. The highest BCUT2D eigenvalue weighted by Crippen LogP contribution is 2.38. The Morgan fingerprint density at radius 2 is 1.83 bits per heavy atom. The molecule has 4 rings (SSSR count). The number of hydrogen-bond donors (Lipinski definition) is 1. The lowest BCUT2D eigenvalue weighted by Crippen LogP contribution is -2.17. The summed E-state index contributed by atoms with van der Waals surface area (Å²) >= 11 is 0. The number of para-hydroxylation sites is 1. The number of carbonyl (C=O) groups is 2. The Morgan fingerprint density at radius 1 is 1.10 bits per heavy atom. The van der Waals surface area contributed by atoms with Gasteiger partial charge in [-0.15, -0.1) is 0 Å². The second-order valence-corrected chi connectivity index (χ2v) is 7.43. The number of methoxy groups -OCH3 is 1. The molecular formula is C24H21NO4. The van der Waals surface area contributed by atoms with Crippen molar-refractivity contribution in [3.05, 3.63) is 76.5 Å². The molecule has 2 aromatic carbocycles. The minimum Gasteiger partial charge on any atom is -0.478 e. The van der Waals surface area contributed by atoms with Crippen molar-refractivity contribution in [2.24, 2.45) is 5.92 Å². The van der Waals surface area contributed by atoms with Crippen molar-refractivity contribution < 1.29 is 19.4 Å². The van der Waals surface area contributed by atoms with Gasteiger partial charge >= 0.3 is 11.9 Å². The van der Waals surface area contributed by atoms with E-state index in [4.69, 9.17) is 9.72 Å². The zero-order valence-corrected chi connectivity index (χ0v) is 16.3. The number of ether oxygens (including phenoxy) is 1. The highest BCUT2D eigenvalue weighted by Gasteiger charge is 2.27. The molecule has 29 heavy (non-hydrogen) atoms. The molecule has 1 unspecified atom stereocenters. The largest absolute Gasteiger partial charge is 0.478 e. The third kappa shape index (κ3) is 3.51. The number of benzene rings is 2. The summed E-state index contributed by atoms with van der Waals surface area (Å²) in [5.74, 6) is -0.986. The van der Waals surface area contributed by atoms with E-state index in [0.717, 1.165) is 28.8 Å². The molecule has 146 valence electrons. The molecule has 0 fully saturated rings. The summed E-state index contributed by atoms with van der Waals surface area (Å²) in [6.45, 7) is 2.12. The van der Waals surface area contributed by atoms with E-state index >= 15 is 0 Å². The van der Waals surface area contributed by atoms with Gasteiger partial charge in [0.15, 0.2) is 0 Å². The van der Waals surface area contributed by atoms with Gasteiger partial charge in [0.25, 0.3) is 0 Å². The number of carbonyl (C=O) groups excluding carboxylic acids is 1. The van der Waals surface area contributed by atoms with Gasteiger partial charge in [-0.1, -0.05) is 37.3 Å². The number of pyridine rings is 1. The molecule has 0 aliphatic heterocycles. The topological polar surface area (TPSA) is 76.5 Å². The van der Waals surface area contributed by atoms with Gasteiger partial charge in [-0.2, -0.15) is 0 Å². The lowest BCUT2D eigenvalue weighted by molar-refractivity contribution is 0.0599. The van der Waals surface area contributed by atoms with Crippen molar-refractivity contribution in [1.29, 1.82) is 0 Å². The highest BCUT2D eigenvalue weighted by atomic mass is 16.5. The second-order valence-electron chi connectivity index (χ2n) is 7.43. The first kappa shape index (κ1) is 18.9. The average molecular weight is 387 g/mol. The van der Waals surface area contributed by atoms with Crippen molar-refractivity contribution >= 4 is 34.5 Å². The zero-order chi connectivity index (χ0) is 20.5. The molecule has 5 heteroatoms. The van der Waals surface area contributed by atoms with E-state index in [1.54, 1.807) is 12.1 Å². The number of carboxylic acid groups (broad SMARTS) is 1. The third-order valence-electron chi connectivity index (χ3n) is 5.30. The van der Waals surface area contributed by atoms with Crippen LogP contribution in [0.2, 0.25) is 0 Å². The van der Waals surface area contributed by atoms with E-state index in [-0.39, 0.29) is 5.97 Å². The maximum atomic E-state index is 12.1. The van der Waals surface area contributed by atoms with Crippen LogP contribution in [0.1, 0.15) is 50.9 Å². The maximum absolute atomic E-state index is 12.1. The fourth-order valence-corrected chi connectivity index (χ4v) is 4.01. The summed E-state index contributed by atoms with van der Waals surface area (Å²) in [6, 6.07) is 14.5. The Hall–Kier alpha value is -3.47. The van der Waals surface area contributed by atoms with Crippen LogP contribution in [-0.2, 0) is 11.2 Å². The minimum atomic E-state index is -0.921. The summed E-state index contributed by atoms with van der Waals surface area (Å²) in [5, 5.41) is 10.6. The van der Waals surface area contributed by atoms with Crippen molar-refractivity contribution in [2.45, 2.75) is 19.8 Å². The van der Waals surface area contributed by atoms with Gasteiger partial charge in [-0.3, -0.25) is 0 Å². The van der Waals surface area contributed by atoms with Crippen molar-refractivity contribution in [1.82, 2.24) is 4.98 Å². The molecule has 1 aliphatic carbocycles. The molecule has 1 N–H and O–H groups in total. The zero-order valence-electron chi connectivity index (χ0n) is 16.3. The SMILES string of the molecule is COC(=O)c1ccc(C=C2CC(C)Cc3c2nc2ccccc2c3C(=O)O)cc1. The van der Waals surface area contributed by atoms with Crippen molar-refractivity contribution in [3.63, 3.8) is 0 Å². The number of esters is 1. The first-order valence-corrected chi connectivity index (χ1v) is 9.52. The predicted molar refractivity (Wildman–Crippen MR) is 112 cm³/mol. The number of fused-ring (bicyclic) bond motifs is 2. The number of rotatable bonds is 3. The number of aromatic carboxylic acids is 1. The number of nitrogens with zero attached hydrogens (tertiary/aromatic N) is 1. The smallest absolute Gasteiger partial charge is 0.337 e. The van der Waals surface area contributed by atoms with Crippen LogP contribution in [0.25, 0.3) is 22.6 Å². The average Bonchev–Trinajstić information content (AvgIpc) is 2.72. The Balaban J connectivity index is 1.87. The molecule has 1 heterocycles. The first-order valence-electron chi connectivity index (χ1n) is 9.52. The van der Waals surface area contributed by atoms with Crippen LogP contribution >= 0.6 is 0 Å². The van der Waals surface area contributed by atoms with E-state index in [0.29, 0.717) is 34.4 Å². The predicted octanol–water partition coefficient (Wildman–Crippen LogP) is 4.84. The number of allylic oxidation sites excluding steroid dienone is 1. The van der Waals surface area contributed by atoms with E-state index in [9.17, 15) is 14.7 Å². The molecule has 0 amide bonds. The Morgan fingerprint density at radius 3 is 2.52 bits per heavy atom. The van der Waals surface area contributed by atoms with Crippen LogP contribution in [0.3, 0.4) is 0 Å². The van der Waals surface area contributed by atoms with Crippen LogP contribution < -0.4 is 0 Å². The van der Waals surface area contributed by atoms with Crippen LogP contribution in [0.4, 0.5) is 0 Å².